The molecular weight excluding hydrogens is 436 g/mol. The van der Waals surface area contributed by atoms with E-state index in [-0.39, 0.29) is 5.91 Å². The third-order valence-corrected chi connectivity index (χ3v) is 6.49. The molecule has 1 aliphatic rings. The first kappa shape index (κ1) is 23.0. The largest absolute Gasteiger partial charge is 0.479 e. The second-order valence-corrected chi connectivity index (χ2v) is 9.44. The molecule has 0 fully saturated rings. The third-order valence-electron chi connectivity index (χ3n) is 5.60. The van der Waals surface area contributed by atoms with E-state index in [4.69, 9.17) is 14.5 Å². The van der Waals surface area contributed by atoms with Crippen LogP contribution in [0.3, 0.4) is 0 Å². The molecule has 2 heterocycles. The Morgan fingerprint density at radius 1 is 1.15 bits per heavy atom. The molecule has 0 saturated carbocycles. The number of amides is 1. The van der Waals surface area contributed by atoms with Gasteiger partial charge in [-0.25, -0.2) is 9.78 Å². The first-order chi connectivity index (χ1) is 15.8. The van der Waals surface area contributed by atoms with Crippen molar-refractivity contribution in [3.63, 3.8) is 0 Å². The molecule has 0 N–H and O–H groups in total. The van der Waals surface area contributed by atoms with Crippen LogP contribution in [0.25, 0.3) is 21.8 Å². The minimum Gasteiger partial charge on any atom is -0.479 e. The molecule has 172 valence electrons. The van der Waals surface area contributed by atoms with Crippen molar-refractivity contribution in [1.82, 2.24) is 4.98 Å². The Hall–Kier alpha value is -3.19. The molecule has 0 radical (unpaired) electrons. The molecule has 6 nitrogen and oxygen atoms in total. The Morgan fingerprint density at radius 2 is 1.91 bits per heavy atom. The molecule has 0 bridgehead atoms. The second kappa shape index (κ2) is 9.75. The molecule has 7 heteroatoms. The average Bonchev–Trinajstić information content (AvgIpc) is 3.30. The quantitative estimate of drug-likeness (QED) is 0.428. The number of carbonyl (C=O) groups is 2. The normalized spacial score (nSPS) is 16.3. The third kappa shape index (κ3) is 4.93. The summed E-state index contributed by atoms with van der Waals surface area (Å²) in [6.45, 7) is 7.87. The summed E-state index contributed by atoms with van der Waals surface area (Å²) in [5.74, 6) is 0.303. The number of anilines is 1. The van der Waals surface area contributed by atoms with Crippen LogP contribution >= 0.6 is 11.3 Å². The smallest absolute Gasteiger partial charge is 0.328 e. The molecule has 2 atom stereocenters. The van der Waals surface area contributed by atoms with Crippen LogP contribution in [0.4, 0.5) is 5.69 Å². The SMILES string of the molecule is CC(C)CCOC(=O)C(C)N1C(=O)C(C)Oc2ccc(-c3csc(-c4ccccc4)n3)cc21. The Morgan fingerprint density at radius 3 is 2.64 bits per heavy atom. The van der Waals surface area contributed by atoms with Crippen LogP contribution in [0.2, 0.25) is 0 Å². The monoisotopic (exact) mass is 464 g/mol. The van der Waals surface area contributed by atoms with Gasteiger partial charge in [0.15, 0.2) is 6.10 Å². The topological polar surface area (TPSA) is 68.7 Å². The predicted octanol–water partition coefficient (Wildman–Crippen LogP) is 5.57. The van der Waals surface area contributed by atoms with Crippen LogP contribution in [0.15, 0.2) is 53.9 Å². The molecule has 1 aromatic heterocycles. The Kier molecular flexibility index (Phi) is 6.79. The number of aromatic nitrogens is 1. The van der Waals surface area contributed by atoms with Crippen molar-refractivity contribution in [2.45, 2.75) is 46.3 Å². The highest BCUT2D eigenvalue weighted by Gasteiger charge is 2.38. The summed E-state index contributed by atoms with van der Waals surface area (Å²) in [4.78, 5) is 32.0. The maximum absolute atomic E-state index is 13.0. The predicted molar refractivity (Wildman–Crippen MR) is 130 cm³/mol. The van der Waals surface area contributed by atoms with E-state index in [0.29, 0.717) is 24.0 Å². The first-order valence-electron chi connectivity index (χ1n) is 11.2. The lowest BCUT2D eigenvalue weighted by Crippen LogP contribution is -2.52. The molecule has 0 aliphatic carbocycles. The van der Waals surface area contributed by atoms with Gasteiger partial charge in [0.05, 0.1) is 18.0 Å². The van der Waals surface area contributed by atoms with Gasteiger partial charge in [-0.2, -0.15) is 0 Å². The molecule has 3 aromatic rings. The summed E-state index contributed by atoms with van der Waals surface area (Å²) in [7, 11) is 0. The average molecular weight is 465 g/mol. The van der Waals surface area contributed by atoms with Gasteiger partial charge in [-0.15, -0.1) is 11.3 Å². The van der Waals surface area contributed by atoms with Crippen molar-refractivity contribution in [3.8, 4) is 27.6 Å². The lowest BCUT2D eigenvalue weighted by molar-refractivity contribution is -0.147. The second-order valence-electron chi connectivity index (χ2n) is 8.58. The van der Waals surface area contributed by atoms with E-state index >= 15 is 0 Å². The van der Waals surface area contributed by atoms with Crippen molar-refractivity contribution >= 4 is 28.9 Å². The summed E-state index contributed by atoms with van der Waals surface area (Å²) in [6.07, 6.45) is 0.0958. The van der Waals surface area contributed by atoms with Gasteiger partial charge in [0.25, 0.3) is 5.91 Å². The van der Waals surface area contributed by atoms with Crippen LogP contribution in [0, 0.1) is 5.92 Å². The van der Waals surface area contributed by atoms with E-state index < -0.39 is 18.1 Å². The van der Waals surface area contributed by atoms with Crippen molar-refractivity contribution in [3.05, 3.63) is 53.9 Å². The molecule has 4 rings (SSSR count). The standard InChI is InChI=1S/C26H28N2O4S/c1-16(2)12-13-31-26(30)17(3)28-22-14-20(10-11-23(22)32-18(4)25(28)29)21-15-33-24(27-21)19-8-6-5-7-9-19/h5-11,14-18H,12-13H2,1-4H3. The van der Waals surface area contributed by atoms with Crippen molar-refractivity contribution in [2.24, 2.45) is 5.92 Å². The van der Waals surface area contributed by atoms with Crippen LogP contribution < -0.4 is 9.64 Å². The van der Waals surface area contributed by atoms with Gasteiger partial charge in [0.2, 0.25) is 0 Å². The van der Waals surface area contributed by atoms with Gasteiger partial charge in [-0.3, -0.25) is 9.69 Å². The lowest BCUT2D eigenvalue weighted by atomic mass is 10.1. The summed E-state index contributed by atoms with van der Waals surface area (Å²) in [5.41, 5.74) is 3.26. The van der Waals surface area contributed by atoms with Crippen LogP contribution in [0.1, 0.15) is 34.1 Å². The molecule has 2 unspecified atom stereocenters. The highest BCUT2D eigenvalue weighted by Crippen LogP contribution is 2.39. The number of hydrogen-bond donors (Lipinski definition) is 0. The van der Waals surface area contributed by atoms with Gasteiger partial charge in [-0.05, 0) is 44.4 Å². The van der Waals surface area contributed by atoms with Crippen molar-refractivity contribution in [2.75, 3.05) is 11.5 Å². The zero-order valence-electron chi connectivity index (χ0n) is 19.3. The first-order valence-corrected chi connectivity index (χ1v) is 12.0. The number of fused-ring (bicyclic) bond motifs is 1. The van der Waals surface area contributed by atoms with Crippen LogP contribution in [-0.4, -0.2) is 35.6 Å². The molecule has 2 aromatic carbocycles. The van der Waals surface area contributed by atoms with Gasteiger partial charge in [0, 0.05) is 16.5 Å². The summed E-state index contributed by atoms with van der Waals surface area (Å²) in [5, 5.41) is 2.91. The highest BCUT2D eigenvalue weighted by atomic mass is 32.1. The highest BCUT2D eigenvalue weighted by molar-refractivity contribution is 7.13. The number of benzene rings is 2. The summed E-state index contributed by atoms with van der Waals surface area (Å²) in [6, 6.07) is 14.9. The number of nitrogens with zero attached hydrogens (tertiary/aromatic N) is 2. The lowest BCUT2D eigenvalue weighted by Gasteiger charge is -2.36. The van der Waals surface area contributed by atoms with Gasteiger partial charge in [0.1, 0.15) is 16.8 Å². The molecule has 1 amide bonds. The molecule has 1 aliphatic heterocycles. The fourth-order valence-corrected chi connectivity index (χ4v) is 4.50. The number of esters is 1. The van der Waals surface area contributed by atoms with Crippen LogP contribution in [0.5, 0.6) is 5.75 Å². The van der Waals surface area contributed by atoms with Gasteiger partial charge in [-0.1, -0.05) is 44.2 Å². The number of hydrogen-bond acceptors (Lipinski definition) is 6. The zero-order valence-corrected chi connectivity index (χ0v) is 20.1. The van der Waals surface area contributed by atoms with E-state index in [9.17, 15) is 9.59 Å². The van der Waals surface area contributed by atoms with Crippen LogP contribution in [-0.2, 0) is 14.3 Å². The molecular formula is C26H28N2O4S. The molecule has 33 heavy (non-hydrogen) atoms. The van der Waals surface area contributed by atoms with Gasteiger partial charge >= 0.3 is 5.97 Å². The molecule has 0 spiro atoms. The minimum atomic E-state index is -0.764. The summed E-state index contributed by atoms with van der Waals surface area (Å²) < 4.78 is 11.3. The fraction of sp³-hybridized carbons (Fsp3) is 0.346. The fourth-order valence-electron chi connectivity index (χ4n) is 3.66. The number of ether oxygens (including phenoxy) is 2. The Bertz CT molecular complexity index is 1140. The van der Waals surface area contributed by atoms with E-state index in [1.54, 1.807) is 25.2 Å². The van der Waals surface area contributed by atoms with E-state index in [1.807, 2.05) is 53.9 Å². The van der Waals surface area contributed by atoms with E-state index in [2.05, 4.69) is 13.8 Å². The maximum atomic E-state index is 13.0. The molecule has 0 saturated heterocycles. The van der Waals surface area contributed by atoms with E-state index in [1.165, 1.54) is 4.90 Å². The Balaban J connectivity index is 1.63. The van der Waals surface area contributed by atoms with Crippen molar-refractivity contribution < 1.29 is 19.1 Å². The number of rotatable bonds is 7. The summed E-state index contributed by atoms with van der Waals surface area (Å²) >= 11 is 1.56. The number of thiazole rings is 1. The van der Waals surface area contributed by atoms with Gasteiger partial charge < -0.3 is 9.47 Å². The number of carbonyl (C=O) groups excluding carboxylic acids is 2. The minimum absolute atomic E-state index is 0.267. The van der Waals surface area contributed by atoms with Crippen molar-refractivity contribution in [1.29, 1.82) is 0 Å². The zero-order chi connectivity index (χ0) is 23.5. The van der Waals surface area contributed by atoms with E-state index in [0.717, 1.165) is 28.2 Å². The Labute approximate surface area is 198 Å². The maximum Gasteiger partial charge on any atom is 0.328 e.